The minimum Gasteiger partial charge on any atom is -0.355 e. The fourth-order valence-corrected chi connectivity index (χ4v) is 2.89. The Morgan fingerprint density at radius 2 is 1.80 bits per heavy atom. The highest BCUT2D eigenvalue weighted by Gasteiger charge is 2.22. The van der Waals surface area contributed by atoms with Crippen molar-refractivity contribution in [2.45, 2.75) is 27.7 Å². The third-order valence-corrected chi connectivity index (χ3v) is 4.12. The zero-order valence-corrected chi connectivity index (χ0v) is 15.1. The maximum absolute atomic E-state index is 13.2. The SMILES string of the molecule is CCNC(=O)CN(CC)C(=O)c1cc(C)n(-c2ccc(F)cc2)c1C. The van der Waals surface area contributed by atoms with Crippen LogP contribution in [-0.4, -0.2) is 40.9 Å². The van der Waals surface area contributed by atoms with Gasteiger partial charge in [-0.05, 0) is 58.0 Å². The highest BCUT2D eigenvalue weighted by atomic mass is 19.1. The molecule has 134 valence electrons. The number of carbonyl (C=O) groups excluding carboxylic acids is 2. The van der Waals surface area contributed by atoms with Crippen molar-refractivity contribution in [3.05, 3.63) is 53.1 Å². The Hall–Kier alpha value is -2.63. The van der Waals surface area contributed by atoms with Crippen molar-refractivity contribution in [2.75, 3.05) is 19.6 Å². The van der Waals surface area contributed by atoms with Gasteiger partial charge in [0.1, 0.15) is 5.82 Å². The Labute approximate surface area is 147 Å². The number of benzene rings is 1. The number of likely N-dealkylation sites (N-methyl/N-ethyl adjacent to an activating group) is 2. The number of amides is 2. The zero-order chi connectivity index (χ0) is 18.6. The van der Waals surface area contributed by atoms with Gasteiger partial charge in [-0.15, -0.1) is 0 Å². The van der Waals surface area contributed by atoms with Gasteiger partial charge in [-0.1, -0.05) is 0 Å². The Morgan fingerprint density at radius 3 is 2.36 bits per heavy atom. The lowest BCUT2D eigenvalue weighted by molar-refractivity contribution is -0.121. The van der Waals surface area contributed by atoms with E-state index < -0.39 is 0 Å². The molecule has 0 radical (unpaired) electrons. The van der Waals surface area contributed by atoms with Crippen LogP contribution in [0.2, 0.25) is 0 Å². The van der Waals surface area contributed by atoms with Gasteiger partial charge in [0.15, 0.2) is 0 Å². The molecule has 0 atom stereocenters. The lowest BCUT2D eigenvalue weighted by Crippen LogP contribution is -2.40. The molecular formula is C19H24FN3O2. The van der Waals surface area contributed by atoms with Crippen molar-refractivity contribution in [2.24, 2.45) is 0 Å². The van der Waals surface area contributed by atoms with Crippen molar-refractivity contribution in [1.82, 2.24) is 14.8 Å². The average molecular weight is 345 g/mol. The first kappa shape index (κ1) is 18.7. The average Bonchev–Trinajstić information content (AvgIpc) is 2.88. The number of hydrogen-bond donors (Lipinski definition) is 1. The Bertz CT molecular complexity index is 766. The monoisotopic (exact) mass is 345 g/mol. The first-order valence-electron chi connectivity index (χ1n) is 8.39. The summed E-state index contributed by atoms with van der Waals surface area (Å²) in [5.41, 5.74) is 2.99. The summed E-state index contributed by atoms with van der Waals surface area (Å²) in [6, 6.07) is 7.94. The number of aromatic nitrogens is 1. The van der Waals surface area contributed by atoms with Crippen LogP contribution in [0.1, 0.15) is 35.6 Å². The van der Waals surface area contributed by atoms with Crippen LogP contribution >= 0.6 is 0 Å². The van der Waals surface area contributed by atoms with E-state index in [0.29, 0.717) is 18.7 Å². The second kappa shape index (κ2) is 7.96. The molecule has 0 aliphatic rings. The van der Waals surface area contributed by atoms with Crippen molar-refractivity contribution in [3.8, 4) is 5.69 Å². The Morgan fingerprint density at radius 1 is 1.16 bits per heavy atom. The summed E-state index contributed by atoms with van der Waals surface area (Å²) in [6.07, 6.45) is 0. The highest BCUT2D eigenvalue weighted by Crippen LogP contribution is 2.22. The fraction of sp³-hybridized carbons (Fsp3) is 0.368. The number of hydrogen-bond acceptors (Lipinski definition) is 2. The number of carbonyl (C=O) groups is 2. The van der Waals surface area contributed by atoms with Crippen molar-refractivity contribution in [1.29, 1.82) is 0 Å². The molecule has 0 fully saturated rings. The van der Waals surface area contributed by atoms with Crippen LogP contribution < -0.4 is 5.32 Å². The van der Waals surface area contributed by atoms with Crippen LogP contribution in [0.4, 0.5) is 4.39 Å². The van der Waals surface area contributed by atoms with E-state index in [0.717, 1.165) is 17.1 Å². The second-order valence-electron chi connectivity index (χ2n) is 5.87. The minimum absolute atomic E-state index is 0.0311. The second-order valence-corrected chi connectivity index (χ2v) is 5.87. The molecule has 25 heavy (non-hydrogen) atoms. The molecule has 1 aromatic carbocycles. The van der Waals surface area contributed by atoms with Crippen LogP contribution in [0.25, 0.3) is 5.69 Å². The zero-order valence-electron chi connectivity index (χ0n) is 15.1. The molecule has 2 aromatic rings. The van der Waals surface area contributed by atoms with Gasteiger partial charge in [0.05, 0.1) is 12.1 Å². The van der Waals surface area contributed by atoms with Crippen LogP contribution in [0.3, 0.4) is 0 Å². The van der Waals surface area contributed by atoms with E-state index in [1.165, 1.54) is 17.0 Å². The number of nitrogens with one attached hydrogen (secondary N) is 1. The quantitative estimate of drug-likeness (QED) is 0.875. The number of aryl methyl sites for hydroxylation is 1. The summed E-state index contributed by atoms with van der Waals surface area (Å²) in [5.74, 6) is -0.665. The molecule has 1 aromatic heterocycles. The lowest BCUT2D eigenvalue weighted by atomic mass is 10.2. The first-order valence-corrected chi connectivity index (χ1v) is 8.39. The third-order valence-electron chi connectivity index (χ3n) is 4.12. The molecule has 6 heteroatoms. The maximum Gasteiger partial charge on any atom is 0.256 e. The molecule has 1 N–H and O–H groups in total. The molecule has 0 bridgehead atoms. The maximum atomic E-state index is 13.2. The third kappa shape index (κ3) is 4.07. The Balaban J connectivity index is 2.33. The van der Waals surface area contributed by atoms with E-state index in [1.54, 1.807) is 18.2 Å². The number of rotatable bonds is 6. The van der Waals surface area contributed by atoms with E-state index in [1.807, 2.05) is 32.3 Å². The smallest absolute Gasteiger partial charge is 0.256 e. The molecule has 0 aliphatic carbocycles. The van der Waals surface area contributed by atoms with Gasteiger partial charge < -0.3 is 14.8 Å². The largest absolute Gasteiger partial charge is 0.355 e. The standard InChI is InChI=1S/C19H24FN3O2/c1-5-21-18(24)12-22(6-2)19(25)17-11-13(3)23(14(17)4)16-9-7-15(20)8-10-16/h7-11H,5-6,12H2,1-4H3,(H,21,24). The van der Waals surface area contributed by atoms with Gasteiger partial charge in [0.2, 0.25) is 5.91 Å². The predicted octanol–water partition coefficient (Wildman–Crippen LogP) is 2.83. The van der Waals surface area contributed by atoms with Crippen LogP contribution in [0.5, 0.6) is 0 Å². The molecule has 0 saturated heterocycles. The van der Waals surface area contributed by atoms with E-state index in [2.05, 4.69) is 5.32 Å². The first-order chi connectivity index (χ1) is 11.9. The molecule has 5 nitrogen and oxygen atoms in total. The molecule has 0 spiro atoms. The lowest BCUT2D eigenvalue weighted by Gasteiger charge is -2.20. The van der Waals surface area contributed by atoms with Gasteiger partial charge in [-0.25, -0.2) is 4.39 Å². The molecule has 2 rings (SSSR count). The topological polar surface area (TPSA) is 54.3 Å². The van der Waals surface area contributed by atoms with Gasteiger partial charge in [0.25, 0.3) is 5.91 Å². The summed E-state index contributed by atoms with van der Waals surface area (Å²) in [6.45, 7) is 8.43. The number of halogens is 1. The molecule has 0 saturated carbocycles. The summed E-state index contributed by atoms with van der Waals surface area (Å²) in [7, 11) is 0. The normalized spacial score (nSPS) is 10.6. The van der Waals surface area contributed by atoms with Gasteiger partial charge in [-0.3, -0.25) is 9.59 Å². The summed E-state index contributed by atoms with van der Waals surface area (Å²) in [4.78, 5) is 26.2. The minimum atomic E-state index is -0.304. The predicted molar refractivity (Wildman–Crippen MR) is 95.5 cm³/mol. The van der Waals surface area contributed by atoms with E-state index in [9.17, 15) is 14.0 Å². The van der Waals surface area contributed by atoms with Gasteiger partial charge in [-0.2, -0.15) is 0 Å². The van der Waals surface area contributed by atoms with Crippen molar-refractivity contribution < 1.29 is 14.0 Å². The molecule has 1 heterocycles. The summed E-state index contributed by atoms with van der Waals surface area (Å²) in [5, 5.41) is 2.71. The summed E-state index contributed by atoms with van der Waals surface area (Å²) >= 11 is 0. The van der Waals surface area contributed by atoms with Crippen LogP contribution in [0, 0.1) is 19.7 Å². The number of nitrogens with zero attached hydrogens (tertiary/aromatic N) is 2. The van der Waals surface area contributed by atoms with Crippen molar-refractivity contribution >= 4 is 11.8 Å². The fourth-order valence-electron chi connectivity index (χ4n) is 2.89. The van der Waals surface area contributed by atoms with E-state index in [-0.39, 0.29) is 24.2 Å². The van der Waals surface area contributed by atoms with E-state index in [4.69, 9.17) is 0 Å². The highest BCUT2D eigenvalue weighted by molar-refractivity contribution is 5.98. The summed E-state index contributed by atoms with van der Waals surface area (Å²) < 4.78 is 15.1. The molecule has 0 unspecified atom stereocenters. The van der Waals surface area contributed by atoms with Crippen LogP contribution in [0.15, 0.2) is 30.3 Å². The van der Waals surface area contributed by atoms with Crippen LogP contribution in [-0.2, 0) is 4.79 Å². The van der Waals surface area contributed by atoms with Gasteiger partial charge >= 0.3 is 0 Å². The van der Waals surface area contributed by atoms with E-state index >= 15 is 0 Å². The Kier molecular flexibility index (Phi) is 5.96. The molecular weight excluding hydrogens is 321 g/mol. The molecule has 0 aliphatic heterocycles. The van der Waals surface area contributed by atoms with Crippen molar-refractivity contribution in [3.63, 3.8) is 0 Å². The molecule has 2 amide bonds. The van der Waals surface area contributed by atoms with Gasteiger partial charge in [0, 0.05) is 30.2 Å².